The van der Waals surface area contributed by atoms with Crippen LogP contribution in [0.5, 0.6) is 5.75 Å². The highest BCUT2D eigenvalue weighted by molar-refractivity contribution is 8.27. The maximum atomic E-state index is 12.6. The number of carbonyl (C=O) groups is 2. The molecule has 1 aromatic carbocycles. The number of carboxylic acids is 1. The molecule has 6 nitrogen and oxygen atoms in total. The molecular formula is C16H11NO5S2. The smallest absolute Gasteiger partial charge is 0.339 e. The fourth-order valence-electron chi connectivity index (χ4n) is 2.19. The van der Waals surface area contributed by atoms with E-state index in [1.807, 2.05) is 0 Å². The first-order valence-corrected chi connectivity index (χ1v) is 8.00. The standard InChI is InChI=1S/C16H11NO5S2/c1-8-2-4-10(22-8)7-13-14(19)17(16(23)24-13)9-3-5-11(15(20)21)12(18)6-9/h2-7,18H,1H3,(H,20,21)/b13-7+. The van der Waals surface area contributed by atoms with E-state index < -0.39 is 11.7 Å². The number of phenols is 1. The van der Waals surface area contributed by atoms with E-state index in [9.17, 15) is 14.7 Å². The summed E-state index contributed by atoms with van der Waals surface area (Å²) in [6.45, 7) is 1.80. The summed E-state index contributed by atoms with van der Waals surface area (Å²) in [5, 5.41) is 18.7. The van der Waals surface area contributed by atoms with Crippen LogP contribution in [-0.4, -0.2) is 26.4 Å². The number of hydrogen-bond acceptors (Lipinski definition) is 6. The molecule has 0 radical (unpaired) electrons. The topological polar surface area (TPSA) is 91.0 Å². The summed E-state index contributed by atoms with van der Waals surface area (Å²) in [6, 6.07) is 7.39. The Balaban J connectivity index is 1.94. The maximum absolute atomic E-state index is 12.6. The molecule has 0 bridgehead atoms. The third-order valence-corrected chi connectivity index (χ3v) is 4.60. The third-order valence-electron chi connectivity index (χ3n) is 3.30. The molecule has 8 heteroatoms. The van der Waals surface area contributed by atoms with Gasteiger partial charge in [0, 0.05) is 12.1 Å². The van der Waals surface area contributed by atoms with Crippen LogP contribution in [0.2, 0.25) is 0 Å². The molecule has 2 N–H and O–H groups in total. The number of benzene rings is 1. The van der Waals surface area contributed by atoms with Crippen LogP contribution in [0.4, 0.5) is 5.69 Å². The molecule has 1 aromatic heterocycles. The highest BCUT2D eigenvalue weighted by Gasteiger charge is 2.34. The van der Waals surface area contributed by atoms with E-state index in [1.165, 1.54) is 23.1 Å². The van der Waals surface area contributed by atoms with Gasteiger partial charge in [0.2, 0.25) is 0 Å². The van der Waals surface area contributed by atoms with Crippen LogP contribution in [0, 0.1) is 6.92 Å². The number of furan rings is 1. The van der Waals surface area contributed by atoms with Crippen molar-refractivity contribution >= 4 is 51.9 Å². The Kier molecular flexibility index (Phi) is 4.16. The van der Waals surface area contributed by atoms with Crippen molar-refractivity contribution in [3.05, 3.63) is 52.3 Å². The number of anilines is 1. The number of aromatic hydroxyl groups is 1. The zero-order valence-corrected chi connectivity index (χ0v) is 14.0. The second kappa shape index (κ2) is 6.14. The lowest BCUT2D eigenvalue weighted by atomic mass is 10.1. The summed E-state index contributed by atoms with van der Waals surface area (Å²) in [5.41, 5.74) is 0.0600. The SMILES string of the molecule is Cc1ccc(/C=C2/SC(=S)N(c3ccc(C(=O)O)c(O)c3)C2=O)o1. The number of aromatic carboxylic acids is 1. The molecule has 2 aromatic rings. The number of aryl methyl sites for hydroxylation is 1. The minimum atomic E-state index is -1.25. The Morgan fingerprint density at radius 1 is 1.33 bits per heavy atom. The minimum Gasteiger partial charge on any atom is -0.507 e. The van der Waals surface area contributed by atoms with Gasteiger partial charge < -0.3 is 14.6 Å². The molecule has 3 rings (SSSR count). The van der Waals surface area contributed by atoms with Crippen LogP contribution < -0.4 is 4.90 Å². The summed E-state index contributed by atoms with van der Waals surface area (Å²) in [4.78, 5) is 25.1. The van der Waals surface area contributed by atoms with Gasteiger partial charge in [-0.15, -0.1) is 0 Å². The van der Waals surface area contributed by atoms with Crippen LogP contribution in [0.1, 0.15) is 21.9 Å². The molecule has 122 valence electrons. The summed E-state index contributed by atoms with van der Waals surface area (Å²) in [6.07, 6.45) is 1.60. The maximum Gasteiger partial charge on any atom is 0.339 e. The van der Waals surface area contributed by atoms with Crippen LogP contribution in [0.15, 0.2) is 39.7 Å². The Morgan fingerprint density at radius 3 is 2.67 bits per heavy atom. The number of rotatable bonds is 3. The van der Waals surface area contributed by atoms with E-state index in [-0.39, 0.29) is 15.8 Å². The molecule has 2 heterocycles. The molecule has 0 aliphatic carbocycles. The molecule has 1 aliphatic heterocycles. The van der Waals surface area contributed by atoms with E-state index in [2.05, 4.69) is 0 Å². The van der Waals surface area contributed by atoms with Crippen molar-refractivity contribution < 1.29 is 24.2 Å². The lowest BCUT2D eigenvalue weighted by Gasteiger charge is -2.15. The number of thioether (sulfide) groups is 1. The first kappa shape index (κ1) is 16.3. The Labute approximate surface area is 146 Å². The average molecular weight is 361 g/mol. The second-order valence-corrected chi connectivity index (χ2v) is 6.65. The van der Waals surface area contributed by atoms with Crippen molar-refractivity contribution in [1.82, 2.24) is 0 Å². The van der Waals surface area contributed by atoms with Gasteiger partial charge in [0.15, 0.2) is 4.32 Å². The van der Waals surface area contributed by atoms with Crippen molar-refractivity contribution in [2.75, 3.05) is 4.90 Å². The van der Waals surface area contributed by atoms with Gasteiger partial charge in [0.1, 0.15) is 22.8 Å². The Morgan fingerprint density at radius 2 is 2.08 bits per heavy atom. The Hall–Kier alpha value is -2.58. The van der Waals surface area contributed by atoms with Crippen molar-refractivity contribution in [1.29, 1.82) is 0 Å². The zero-order chi connectivity index (χ0) is 17.4. The van der Waals surface area contributed by atoms with Crippen LogP contribution in [0.25, 0.3) is 6.08 Å². The van der Waals surface area contributed by atoms with Gasteiger partial charge in [0.25, 0.3) is 5.91 Å². The molecule has 1 fully saturated rings. The summed E-state index contributed by atoms with van der Waals surface area (Å²) in [7, 11) is 0. The summed E-state index contributed by atoms with van der Waals surface area (Å²) < 4.78 is 5.71. The van der Waals surface area contributed by atoms with E-state index in [1.54, 1.807) is 25.1 Å². The van der Waals surface area contributed by atoms with Crippen molar-refractivity contribution in [2.45, 2.75) is 6.92 Å². The summed E-state index contributed by atoms with van der Waals surface area (Å²) in [5.74, 6) is -0.776. The monoisotopic (exact) mass is 361 g/mol. The van der Waals surface area contributed by atoms with Crippen molar-refractivity contribution in [2.24, 2.45) is 0 Å². The predicted molar refractivity (Wildman–Crippen MR) is 94.2 cm³/mol. The minimum absolute atomic E-state index is 0.245. The highest BCUT2D eigenvalue weighted by atomic mass is 32.2. The average Bonchev–Trinajstić information content (AvgIpc) is 3.02. The molecule has 1 saturated heterocycles. The number of carbonyl (C=O) groups excluding carboxylic acids is 1. The lowest BCUT2D eigenvalue weighted by molar-refractivity contribution is -0.113. The quantitative estimate of drug-likeness (QED) is 0.639. The first-order valence-electron chi connectivity index (χ1n) is 6.77. The second-order valence-electron chi connectivity index (χ2n) is 4.97. The van der Waals surface area contributed by atoms with Crippen LogP contribution in [-0.2, 0) is 4.79 Å². The van der Waals surface area contributed by atoms with Crippen LogP contribution in [0.3, 0.4) is 0 Å². The lowest BCUT2D eigenvalue weighted by Crippen LogP contribution is -2.27. The molecule has 1 amide bonds. The molecule has 0 saturated carbocycles. The van der Waals surface area contributed by atoms with Crippen molar-refractivity contribution in [3.63, 3.8) is 0 Å². The third kappa shape index (κ3) is 2.93. The van der Waals surface area contributed by atoms with E-state index in [0.29, 0.717) is 16.4 Å². The van der Waals surface area contributed by atoms with Gasteiger partial charge >= 0.3 is 5.97 Å². The zero-order valence-electron chi connectivity index (χ0n) is 12.3. The highest BCUT2D eigenvalue weighted by Crippen LogP contribution is 2.37. The molecule has 0 spiro atoms. The van der Waals surface area contributed by atoms with Gasteiger partial charge in [-0.3, -0.25) is 9.69 Å². The molecule has 0 atom stereocenters. The number of hydrogen-bond donors (Lipinski definition) is 2. The molecule has 0 unspecified atom stereocenters. The molecule has 24 heavy (non-hydrogen) atoms. The summed E-state index contributed by atoms with van der Waals surface area (Å²) >= 11 is 6.33. The number of amides is 1. The first-order chi connectivity index (χ1) is 11.4. The van der Waals surface area contributed by atoms with Gasteiger partial charge in [0.05, 0.1) is 10.6 Å². The Bertz CT molecular complexity index is 900. The molecular weight excluding hydrogens is 350 g/mol. The van der Waals surface area contributed by atoms with Gasteiger partial charge in [-0.05, 0) is 31.2 Å². The van der Waals surface area contributed by atoms with Gasteiger partial charge in [-0.1, -0.05) is 24.0 Å². The van der Waals surface area contributed by atoms with E-state index in [4.69, 9.17) is 21.7 Å². The normalized spacial score (nSPS) is 16.2. The van der Waals surface area contributed by atoms with Gasteiger partial charge in [-0.2, -0.15) is 0 Å². The fraction of sp³-hybridized carbons (Fsp3) is 0.0625. The molecule has 1 aliphatic rings. The van der Waals surface area contributed by atoms with Crippen LogP contribution >= 0.6 is 24.0 Å². The van der Waals surface area contributed by atoms with E-state index >= 15 is 0 Å². The van der Waals surface area contributed by atoms with Gasteiger partial charge in [-0.25, -0.2) is 4.79 Å². The largest absolute Gasteiger partial charge is 0.507 e. The van der Waals surface area contributed by atoms with E-state index in [0.717, 1.165) is 17.5 Å². The number of nitrogens with zero attached hydrogens (tertiary/aromatic N) is 1. The predicted octanol–water partition coefficient (Wildman–Crippen LogP) is 3.40. The van der Waals surface area contributed by atoms with Crippen molar-refractivity contribution in [3.8, 4) is 5.75 Å². The number of carboxylic acid groups (broad SMARTS) is 1. The fourth-order valence-corrected chi connectivity index (χ4v) is 3.47. The number of thiocarbonyl (C=S) groups is 1.